The van der Waals surface area contributed by atoms with Crippen LogP contribution in [-0.2, 0) is 6.42 Å². The van der Waals surface area contributed by atoms with Crippen molar-refractivity contribution >= 4 is 0 Å². The van der Waals surface area contributed by atoms with Gasteiger partial charge in [0.1, 0.15) is 11.9 Å². The van der Waals surface area contributed by atoms with E-state index in [2.05, 4.69) is 28.8 Å². The molecule has 2 unspecified atom stereocenters. The van der Waals surface area contributed by atoms with E-state index in [1.165, 1.54) is 12.0 Å². The zero-order valence-corrected chi connectivity index (χ0v) is 9.41. The van der Waals surface area contributed by atoms with Gasteiger partial charge in [0.2, 0.25) is 0 Å². The van der Waals surface area contributed by atoms with Crippen LogP contribution in [0.25, 0.3) is 0 Å². The molecule has 0 bridgehead atoms. The summed E-state index contributed by atoms with van der Waals surface area (Å²) in [6.45, 7) is 3.20. The van der Waals surface area contributed by atoms with Crippen molar-refractivity contribution in [2.75, 3.05) is 19.6 Å². The summed E-state index contributed by atoms with van der Waals surface area (Å²) in [5.74, 6) is 1.07. The monoisotopic (exact) mass is 218 g/mol. The summed E-state index contributed by atoms with van der Waals surface area (Å²) < 4.78 is 5.88. The summed E-state index contributed by atoms with van der Waals surface area (Å²) in [6.07, 6.45) is 2.60. The van der Waals surface area contributed by atoms with E-state index >= 15 is 0 Å². The molecule has 2 heterocycles. The van der Waals surface area contributed by atoms with Crippen LogP contribution in [0.15, 0.2) is 24.3 Å². The van der Waals surface area contributed by atoms with E-state index in [0.717, 1.165) is 31.8 Å². The number of rotatable bonds is 3. The SMILES string of the molecule is c1ccc2c(c1)CC(CNC1CCNC1)O2. The van der Waals surface area contributed by atoms with E-state index in [1.54, 1.807) is 0 Å². The van der Waals surface area contributed by atoms with Crippen molar-refractivity contribution in [2.24, 2.45) is 0 Å². The first kappa shape index (κ1) is 10.1. The normalized spacial score (nSPS) is 27.8. The Bertz CT molecular complexity index is 336. The van der Waals surface area contributed by atoms with Crippen LogP contribution in [0.4, 0.5) is 0 Å². The van der Waals surface area contributed by atoms with E-state index in [-0.39, 0.29) is 0 Å². The molecule has 1 aromatic carbocycles. The van der Waals surface area contributed by atoms with Crippen LogP contribution in [0.2, 0.25) is 0 Å². The molecular formula is C13H18N2O. The molecular weight excluding hydrogens is 200 g/mol. The van der Waals surface area contributed by atoms with Crippen molar-refractivity contribution < 1.29 is 4.74 Å². The number of nitrogens with one attached hydrogen (secondary N) is 2. The van der Waals surface area contributed by atoms with Crippen molar-refractivity contribution in [2.45, 2.75) is 25.0 Å². The zero-order chi connectivity index (χ0) is 10.8. The average Bonchev–Trinajstić information content (AvgIpc) is 2.95. The Morgan fingerprint density at radius 3 is 3.12 bits per heavy atom. The standard InChI is InChI=1S/C13H18N2O/c1-2-4-13-10(3-1)7-12(16-13)9-15-11-5-6-14-8-11/h1-4,11-12,14-15H,5-9H2. The fourth-order valence-electron chi connectivity index (χ4n) is 2.49. The second kappa shape index (κ2) is 4.44. The Kier molecular flexibility index (Phi) is 2.80. The Hall–Kier alpha value is -1.06. The van der Waals surface area contributed by atoms with E-state index in [0.29, 0.717) is 12.1 Å². The van der Waals surface area contributed by atoms with Crippen molar-refractivity contribution in [3.05, 3.63) is 29.8 Å². The summed E-state index contributed by atoms with van der Waals surface area (Å²) in [4.78, 5) is 0. The molecule has 0 aromatic heterocycles. The van der Waals surface area contributed by atoms with Gasteiger partial charge in [-0.15, -0.1) is 0 Å². The minimum Gasteiger partial charge on any atom is -0.488 e. The number of hydrogen-bond donors (Lipinski definition) is 2. The summed E-state index contributed by atoms with van der Waals surface area (Å²) >= 11 is 0. The average molecular weight is 218 g/mol. The molecule has 0 aliphatic carbocycles. The number of hydrogen-bond acceptors (Lipinski definition) is 3. The molecule has 2 N–H and O–H groups in total. The van der Waals surface area contributed by atoms with Crippen LogP contribution in [0.1, 0.15) is 12.0 Å². The molecule has 1 fully saturated rings. The lowest BCUT2D eigenvalue weighted by atomic mass is 10.1. The van der Waals surface area contributed by atoms with Gasteiger partial charge >= 0.3 is 0 Å². The highest BCUT2D eigenvalue weighted by Crippen LogP contribution is 2.27. The molecule has 0 radical (unpaired) electrons. The quantitative estimate of drug-likeness (QED) is 0.792. The third kappa shape index (κ3) is 2.06. The maximum Gasteiger partial charge on any atom is 0.123 e. The first-order valence-electron chi connectivity index (χ1n) is 6.10. The lowest BCUT2D eigenvalue weighted by Crippen LogP contribution is -2.38. The van der Waals surface area contributed by atoms with Gasteiger partial charge in [0.15, 0.2) is 0 Å². The molecule has 2 atom stereocenters. The highest BCUT2D eigenvalue weighted by molar-refractivity contribution is 5.37. The van der Waals surface area contributed by atoms with Crippen molar-refractivity contribution in [3.8, 4) is 5.75 Å². The van der Waals surface area contributed by atoms with Gasteiger partial charge < -0.3 is 15.4 Å². The van der Waals surface area contributed by atoms with Gasteiger partial charge in [0, 0.05) is 25.6 Å². The van der Waals surface area contributed by atoms with E-state index in [9.17, 15) is 0 Å². The molecule has 0 amide bonds. The zero-order valence-electron chi connectivity index (χ0n) is 9.41. The fourth-order valence-corrected chi connectivity index (χ4v) is 2.49. The largest absolute Gasteiger partial charge is 0.488 e. The third-order valence-corrected chi connectivity index (χ3v) is 3.41. The third-order valence-electron chi connectivity index (χ3n) is 3.41. The predicted molar refractivity (Wildman–Crippen MR) is 63.8 cm³/mol. The summed E-state index contributed by atoms with van der Waals surface area (Å²) in [7, 11) is 0. The smallest absolute Gasteiger partial charge is 0.123 e. The van der Waals surface area contributed by atoms with Gasteiger partial charge in [0.25, 0.3) is 0 Å². The minimum absolute atomic E-state index is 0.318. The van der Waals surface area contributed by atoms with Gasteiger partial charge in [-0.2, -0.15) is 0 Å². The lowest BCUT2D eigenvalue weighted by Gasteiger charge is -2.15. The van der Waals surface area contributed by atoms with E-state index in [1.807, 2.05) is 6.07 Å². The minimum atomic E-state index is 0.318. The first-order chi connectivity index (χ1) is 7.92. The predicted octanol–water partition coefficient (Wildman–Crippen LogP) is 0.942. The van der Waals surface area contributed by atoms with E-state index < -0.39 is 0 Å². The molecule has 0 spiro atoms. The van der Waals surface area contributed by atoms with Crippen LogP contribution in [0, 0.1) is 0 Å². The fraction of sp³-hybridized carbons (Fsp3) is 0.538. The van der Waals surface area contributed by atoms with Crippen LogP contribution < -0.4 is 15.4 Å². The lowest BCUT2D eigenvalue weighted by molar-refractivity contribution is 0.222. The van der Waals surface area contributed by atoms with Crippen molar-refractivity contribution in [3.63, 3.8) is 0 Å². The van der Waals surface area contributed by atoms with Crippen LogP contribution in [0.5, 0.6) is 5.75 Å². The highest BCUT2D eigenvalue weighted by atomic mass is 16.5. The Balaban J connectivity index is 1.52. The van der Waals surface area contributed by atoms with Crippen molar-refractivity contribution in [1.82, 2.24) is 10.6 Å². The van der Waals surface area contributed by atoms with Gasteiger partial charge in [-0.05, 0) is 24.6 Å². The molecule has 3 heteroatoms. The molecule has 3 nitrogen and oxygen atoms in total. The maximum absolute atomic E-state index is 5.88. The molecule has 86 valence electrons. The summed E-state index contributed by atoms with van der Waals surface area (Å²) in [5, 5.41) is 6.93. The van der Waals surface area contributed by atoms with Gasteiger partial charge in [-0.1, -0.05) is 18.2 Å². The molecule has 3 rings (SSSR count). The molecule has 2 aliphatic rings. The molecule has 1 saturated heterocycles. The molecule has 0 saturated carbocycles. The van der Waals surface area contributed by atoms with Crippen LogP contribution >= 0.6 is 0 Å². The second-order valence-electron chi connectivity index (χ2n) is 4.65. The summed E-state index contributed by atoms with van der Waals surface area (Å²) in [5.41, 5.74) is 1.35. The number of para-hydroxylation sites is 1. The summed E-state index contributed by atoms with van der Waals surface area (Å²) in [6, 6.07) is 8.97. The Labute approximate surface area is 96.2 Å². The molecule has 16 heavy (non-hydrogen) atoms. The van der Waals surface area contributed by atoms with Gasteiger partial charge in [-0.3, -0.25) is 0 Å². The Morgan fingerprint density at radius 2 is 2.31 bits per heavy atom. The highest BCUT2D eigenvalue weighted by Gasteiger charge is 2.23. The first-order valence-corrected chi connectivity index (χ1v) is 6.10. The van der Waals surface area contributed by atoms with Gasteiger partial charge in [-0.25, -0.2) is 0 Å². The Morgan fingerprint density at radius 1 is 1.38 bits per heavy atom. The molecule has 1 aromatic rings. The van der Waals surface area contributed by atoms with Crippen LogP contribution in [-0.4, -0.2) is 31.8 Å². The van der Waals surface area contributed by atoms with Gasteiger partial charge in [0.05, 0.1) is 0 Å². The number of benzene rings is 1. The van der Waals surface area contributed by atoms with Crippen LogP contribution in [0.3, 0.4) is 0 Å². The second-order valence-corrected chi connectivity index (χ2v) is 4.65. The molecule has 2 aliphatic heterocycles. The van der Waals surface area contributed by atoms with Crippen molar-refractivity contribution in [1.29, 1.82) is 0 Å². The maximum atomic E-state index is 5.88. The topological polar surface area (TPSA) is 33.3 Å². The number of ether oxygens (including phenoxy) is 1. The number of fused-ring (bicyclic) bond motifs is 1. The van der Waals surface area contributed by atoms with E-state index in [4.69, 9.17) is 4.74 Å².